The van der Waals surface area contributed by atoms with Gasteiger partial charge in [-0.05, 0) is 98.2 Å². The van der Waals surface area contributed by atoms with E-state index in [9.17, 15) is 9.59 Å². The van der Waals surface area contributed by atoms with Gasteiger partial charge in [-0.1, -0.05) is 32.4 Å². The Labute approximate surface area is 188 Å². The molecule has 0 N–H and O–H groups in total. The molecule has 0 aromatic rings. The van der Waals surface area contributed by atoms with Crippen molar-refractivity contribution < 1.29 is 19.1 Å². The van der Waals surface area contributed by atoms with Crippen molar-refractivity contribution in [1.29, 1.82) is 0 Å². The van der Waals surface area contributed by atoms with E-state index < -0.39 is 0 Å². The van der Waals surface area contributed by atoms with Gasteiger partial charge in [0.1, 0.15) is 6.10 Å². The van der Waals surface area contributed by atoms with Crippen LogP contribution in [0.3, 0.4) is 0 Å². The molecule has 0 aliphatic heterocycles. The van der Waals surface area contributed by atoms with Crippen LogP contribution in [-0.2, 0) is 19.1 Å². The standard InChI is InChI=1S/C27H42O4/c1-17(6-11-25(29)30-5)22-9-10-23-21-8-7-19-16-20(31-18(2)28)12-14-26(19,3)24(21)13-15-27(22,23)4/h13,17,19-23H,6-12,14-16H2,1-5H3/t17-,19-,20?,21+,22?,23+,26+,27-/m1/s1. The number of fused-ring (bicyclic) bond motifs is 5. The summed E-state index contributed by atoms with van der Waals surface area (Å²) in [6.45, 7) is 8.95. The fraction of sp³-hybridized carbons (Fsp3) is 0.852. The smallest absolute Gasteiger partial charge is 0.305 e. The largest absolute Gasteiger partial charge is 0.469 e. The third kappa shape index (κ3) is 3.97. The van der Waals surface area contributed by atoms with E-state index >= 15 is 0 Å². The van der Waals surface area contributed by atoms with Crippen molar-refractivity contribution in [3.05, 3.63) is 11.6 Å². The Morgan fingerprint density at radius 1 is 1.16 bits per heavy atom. The molecule has 31 heavy (non-hydrogen) atoms. The van der Waals surface area contributed by atoms with Crippen LogP contribution in [-0.4, -0.2) is 25.2 Å². The summed E-state index contributed by atoms with van der Waals surface area (Å²) in [6.07, 6.45) is 13.8. The molecular formula is C27H42O4. The van der Waals surface area contributed by atoms with Crippen LogP contribution >= 0.6 is 0 Å². The Kier molecular flexibility index (Phi) is 6.31. The fourth-order valence-electron chi connectivity index (χ4n) is 8.45. The molecule has 174 valence electrons. The average Bonchev–Trinajstić information content (AvgIpc) is 3.09. The number of carbonyl (C=O) groups is 2. The van der Waals surface area contributed by atoms with E-state index in [2.05, 4.69) is 26.8 Å². The van der Waals surface area contributed by atoms with Gasteiger partial charge in [0.25, 0.3) is 0 Å². The van der Waals surface area contributed by atoms with Crippen molar-refractivity contribution >= 4 is 11.9 Å². The van der Waals surface area contributed by atoms with E-state index in [1.165, 1.54) is 46.1 Å². The topological polar surface area (TPSA) is 52.6 Å². The van der Waals surface area contributed by atoms with Crippen LogP contribution in [0, 0.1) is 40.4 Å². The zero-order chi connectivity index (χ0) is 22.4. The molecule has 3 saturated carbocycles. The molecule has 4 heteroatoms. The van der Waals surface area contributed by atoms with E-state index in [0.29, 0.717) is 29.6 Å². The zero-order valence-corrected chi connectivity index (χ0v) is 20.2. The van der Waals surface area contributed by atoms with Crippen LogP contribution in [0.1, 0.15) is 91.9 Å². The van der Waals surface area contributed by atoms with Crippen molar-refractivity contribution in [2.24, 2.45) is 40.4 Å². The van der Waals surface area contributed by atoms with Gasteiger partial charge in [-0.2, -0.15) is 0 Å². The number of carbonyl (C=O) groups excluding carboxylic acids is 2. The Morgan fingerprint density at radius 3 is 2.65 bits per heavy atom. The molecule has 0 radical (unpaired) electrons. The molecule has 0 spiro atoms. The summed E-state index contributed by atoms with van der Waals surface area (Å²) in [5, 5.41) is 0. The van der Waals surface area contributed by atoms with Gasteiger partial charge in [-0.3, -0.25) is 9.59 Å². The highest BCUT2D eigenvalue weighted by molar-refractivity contribution is 5.69. The molecule has 4 nitrogen and oxygen atoms in total. The van der Waals surface area contributed by atoms with Gasteiger partial charge in [-0.15, -0.1) is 0 Å². The number of ether oxygens (including phenoxy) is 2. The number of methoxy groups -OCH3 is 1. The average molecular weight is 431 g/mol. The van der Waals surface area contributed by atoms with Crippen molar-refractivity contribution in [3.8, 4) is 0 Å². The quantitative estimate of drug-likeness (QED) is 0.391. The zero-order valence-electron chi connectivity index (χ0n) is 20.2. The van der Waals surface area contributed by atoms with Crippen molar-refractivity contribution in [2.45, 2.75) is 98.0 Å². The van der Waals surface area contributed by atoms with Crippen LogP contribution in [0.25, 0.3) is 0 Å². The number of hydrogen-bond acceptors (Lipinski definition) is 4. The van der Waals surface area contributed by atoms with E-state index in [1.54, 1.807) is 5.57 Å². The first-order valence-electron chi connectivity index (χ1n) is 12.6. The number of esters is 2. The summed E-state index contributed by atoms with van der Waals surface area (Å²) >= 11 is 0. The third-order valence-electron chi connectivity index (χ3n) is 10.1. The third-order valence-corrected chi connectivity index (χ3v) is 10.1. The highest BCUT2D eigenvalue weighted by Gasteiger charge is 2.57. The molecule has 0 heterocycles. The summed E-state index contributed by atoms with van der Waals surface area (Å²) < 4.78 is 10.5. The number of allylic oxidation sites excluding steroid dienone is 2. The highest BCUT2D eigenvalue weighted by Crippen LogP contribution is 2.66. The lowest BCUT2D eigenvalue weighted by Crippen LogP contribution is -2.49. The van der Waals surface area contributed by atoms with Crippen molar-refractivity contribution in [2.75, 3.05) is 7.11 Å². The lowest BCUT2D eigenvalue weighted by Gasteiger charge is -2.57. The van der Waals surface area contributed by atoms with Gasteiger partial charge in [0.05, 0.1) is 7.11 Å². The molecule has 0 aromatic heterocycles. The Bertz CT molecular complexity index is 742. The molecule has 4 aliphatic rings. The number of hydrogen-bond donors (Lipinski definition) is 0. The van der Waals surface area contributed by atoms with Crippen molar-refractivity contribution in [3.63, 3.8) is 0 Å². The van der Waals surface area contributed by atoms with Crippen LogP contribution in [0.5, 0.6) is 0 Å². The molecule has 8 atom stereocenters. The summed E-state index contributed by atoms with van der Waals surface area (Å²) in [5.74, 6) is 3.21. The van der Waals surface area contributed by atoms with E-state index in [1.807, 2.05) is 0 Å². The van der Waals surface area contributed by atoms with Gasteiger partial charge in [0.15, 0.2) is 0 Å². The van der Waals surface area contributed by atoms with Crippen LogP contribution in [0.4, 0.5) is 0 Å². The van der Waals surface area contributed by atoms with Gasteiger partial charge in [0, 0.05) is 13.3 Å². The Balaban J connectivity index is 1.50. The maximum absolute atomic E-state index is 11.7. The van der Waals surface area contributed by atoms with Gasteiger partial charge < -0.3 is 9.47 Å². The predicted molar refractivity (Wildman–Crippen MR) is 121 cm³/mol. The van der Waals surface area contributed by atoms with Crippen LogP contribution in [0.2, 0.25) is 0 Å². The number of rotatable bonds is 5. The minimum atomic E-state index is -0.131. The predicted octanol–water partition coefficient (Wildman–Crippen LogP) is 6.09. The normalized spacial score (nSPS) is 42.5. The monoisotopic (exact) mass is 430 g/mol. The van der Waals surface area contributed by atoms with E-state index in [4.69, 9.17) is 9.47 Å². The minimum absolute atomic E-state index is 0.0759. The summed E-state index contributed by atoms with van der Waals surface area (Å²) in [7, 11) is 1.49. The summed E-state index contributed by atoms with van der Waals surface area (Å²) in [4.78, 5) is 23.1. The molecule has 0 bridgehead atoms. The Hall–Kier alpha value is -1.32. The molecule has 2 unspecified atom stereocenters. The minimum Gasteiger partial charge on any atom is -0.469 e. The highest BCUT2D eigenvalue weighted by atomic mass is 16.5. The summed E-state index contributed by atoms with van der Waals surface area (Å²) in [6, 6.07) is 0. The van der Waals surface area contributed by atoms with E-state index in [0.717, 1.165) is 37.5 Å². The van der Waals surface area contributed by atoms with Crippen molar-refractivity contribution in [1.82, 2.24) is 0 Å². The second kappa shape index (κ2) is 8.56. The van der Waals surface area contributed by atoms with Gasteiger partial charge in [0.2, 0.25) is 0 Å². The molecule has 4 aliphatic carbocycles. The first kappa shape index (κ1) is 22.9. The summed E-state index contributed by atoms with van der Waals surface area (Å²) in [5.41, 5.74) is 2.40. The maximum Gasteiger partial charge on any atom is 0.305 e. The lowest BCUT2D eigenvalue weighted by atomic mass is 9.48. The SMILES string of the molecule is COC(=O)CC[C@@H](C)C1CC[C@H]2[C@@H]3CC[C@@H]4CC(OC(C)=O)CC[C@]4(C)C3=CC[C@]12C. The van der Waals surface area contributed by atoms with Gasteiger partial charge in [-0.25, -0.2) is 0 Å². The second-order valence-electron chi connectivity index (χ2n) is 11.6. The fourth-order valence-corrected chi connectivity index (χ4v) is 8.45. The first-order valence-corrected chi connectivity index (χ1v) is 12.6. The first-order chi connectivity index (χ1) is 14.7. The molecule has 3 fully saturated rings. The molecular weight excluding hydrogens is 388 g/mol. The van der Waals surface area contributed by atoms with Crippen LogP contribution in [0.15, 0.2) is 11.6 Å². The molecule has 4 rings (SSSR count). The lowest BCUT2D eigenvalue weighted by molar-refractivity contribution is -0.151. The van der Waals surface area contributed by atoms with E-state index in [-0.39, 0.29) is 23.5 Å². The second-order valence-corrected chi connectivity index (χ2v) is 11.6. The maximum atomic E-state index is 11.7. The molecule has 0 saturated heterocycles. The Morgan fingerprint density at radius 2 is 1.94 bits per heavy atom. The van der Waals surface area contributed by atoms with Crippen LogP contribution < -0.4 is 0 Å². The molecule has 0 amide bonds. The molecule has 0 aromatic carbocycles. The van der Waals surface area contributed by atoms with Gasteiger partial charge >= 0.3 is 11.9 Å².